The van der Waals surface area contributed by atoms with Gasteiger partial charge < -0.3 is 10.1 Å². The number of amides is 1. The molecular formula is C15H19NO3. The largest absolute Gasteiger partial charge is 0.469 e. The molecule has 1 aromatic carbocycles. The van der Waals surface area contributed by atoms with Gasteiger partial charge in [-0.25, -0.2) is 0 Å². The van der Waals surface area contributed by atoms with Crippen molar-refractivity contribution in [3.63, 3.8) is 0 Å². The normalized spacial score (nSPS) is 15.4. The second kappa shape index (κ2) is 5.87. The number of carbonyl (C=O) groups excluding carboxylic acids is 2. The summed E-state index contributed by atoms with van der Waals surface area (Å²) in [5.74, 6) is -0.184. The molecule has 0 aromatic heterocycles. The van der Waals surface area contributed by atoms with E-state index in [4.69, 9.17) is 4.74 Å². The standard InChI is InChI=1S/C15H19NO3/c1-3-11(15(18)19-2)8-10-4-6-13-12(9-10)5-7-14(17)16-13/h4,6,9,11H,3,5,7-8H2,1-2H3,(H,16,17). The van der Waals surface area contributed by atoms with E-state index in [0.717, 1.165) is 29.7 Å². The second-order valence-electron chi connectivity index (χ2n) is 4.87. The van der Waals surface area contributed by atoms with E-state index in [0.29, 0.717) is 12.8 Å². The molecule has 0 radical (unpaired) electrons. The van der Waals surface area contributed by atoms with Crippen molar-refractivity contribution >= 4 is 17.6 Å². The molecule has 19 heavy (non-hydrogen) atoms. The molecule has 1 N–H and O–H groups in total. The Balaban J connectivity index is 2.14. The van der Waals surface area contributed by atoms with Gasteiger partial charge in [0.05, 0.1) is 13.0 Å². The number of carbonyl (C=O) groups is 2. The van der Waals surface area contributed by atoms with Gasteiger partial charge in [-0.1, -0.05) is 19.1 Å². The molecule has 1 amide bonds. The first-order valence-electron chi connectivity index (χ1n) is 6.63. The summed E-state index contributed by atoms with van der Waals surface area (Å²) in [4.78, 5) is 22.9. The Morgan fingerprint density at radius 2 is 2.21 bits per heavy atom. The van der Waals surface area contributed by atoms with Gasteiger partial charge in [-0.15, -0.1) is 0 Å². The lowest BCUT2D eigenvalue weighted by Crippen LogP contribution is -2.20. The van der Waals surface area contributed by atoms with Crippen LogP contribution in [0.15, 0.2) is 18.2 Å². The summed E-state index contributed by atoms with van der Waals surface area (Å²) in [6, 6.07) is 5.97. The van der Waals surface area contributed by atoms with Crippen LogP contribution in [0.4, 0.5) is 5.69 Å². The van der Waals surface area contributed by atoms with Gasteiger partial charge in [0, 0.05) is 12.1 Å². The first-order chi connectivity index (χ1) is 9.13. The highest BCUT2D eigenvalue weighted by atomic mass is 16.5. The monoisotopic (exact) mass is 261 g/mol. The average molecular weight is 261 g/mol. The quantitative estimate of drug-likeness (QED) is 0.846. The minimum Gasteiger partial charge on any atom is -0.469 e. The smallest absolute Gasteiger partial charge is 0.308 e. The SMILES string of the molecule is CCC(Cc1ccc2c(c1)CCC(=O)N2)C(=O)OC. The Morgan fingerprint density at radius 1 is 1.42 bits per heavy atom. The van der Waals surface area contributed by atoms with Crippen LogP contribution in [0.5, 0.6) is 0 Å². The summed E-state index contributed by atoms with van der Waals surface area (Å²) in [5, 5.41) is 2.86. The van der Waals surface area contributed by atoms with Crippen molar-refractivity contribution in [3.8, 4) is 0 Å². The zero-order chi connectivity index (χ0) is 13.8. The number of benzene rings is 1. The van der Waals surface area contributed by atoms with Crippen LogP contribution in [0.2, 0.25) is 0 Å². The van der Waals surface area contributed by atoms with Gasteiger partial charge >= 0.3 is 5.97 Å². The molecule has 4 nitrogen and oxygen atoms in total. The van der Waals surface area contributed by atoms with Gasteiger partial charge in [-0.05, 0) is 36.5 Å². The van der Waals surface area contributed by atoms with Gasteiger partial charge in [-0.3, -0.25) is 9.59 Å². The van der Waals surface area contributed by atoms with E-state index in [9.17, 15) is 9.59 Å². The fourth-order valence-corrected chi connectivity index (χ4v) is 2.41. The number of rotatable bonds is 4. The summed E-state index contributed by atoms with van der Waals surface area (Å²) in [6.45, 7) is 1.99. The van der Waals surface area contributed by atoms with Gasteiger partial charge in [0.1, 0.15) is 0 Å². The molecule has 102 valence electrons. The number of hydrogen-bond donors (Lipinski definition) is 1. The molecule has 1 aliphatic rings. The van der Waals surface area contributed by atoms with E-state index >= 15 is 0 Å². The maximum Gasteiger partial charge on any atom is 0.308 e. The molecule has 0 saturated carbocycles. The molecule has 1 atom stereocenters. The molecule has 0 aliphatic carbocycles. The molecule has 1 aromatic rings. The van der Waals surface area contributed by atoms with Gasteiger partial charge in [-0.2, -0.15) is 0 Å². The van der Waals surface area contributed by atoms with E-state index in [2.05, 4.69) is 11.4 Å². The molecule has 0 bridgehead atoms. The van der Waals surface area contributed by atoms with E-state index < -0.39 is 0 Å². The van der Waals surface area contributed by atoms with Gasteiger partial charge in [0.15, 0.2) is 0 Å². The Morgan fingerprint density at radius 3 is 2.89 bits per heavy atom. The highest BCUT2D eigenvalue weighted by Gasteiger charge is 2.19. The number of anilines is 1. The molecular weight excluding hydrogens is 242 g/mol. The Bertz CT molecular complexity index is 496. The molecule has 0 saturated heterocycles. The number of hydrogen-bond acceptors (Lipinski definition) is 3. The fourth-order valence-electron chi connectivity index (χ4n) is 2.41. The summed E-state index contributed by atoms with van der Waals surface area (Å²) in [7, 11) is 1.42. The predicted molar refractivity (Wildman–Crippen MR) is 72.9 cm³/mol. The third-order valence-corrected chi connectivity index (χ3v) is 3.57. The van der Waals surface area contributed by atoms with Crippen molar-refractivity contribution in [2.75, 3.05) is 12.4 Å². The maximum atomic E-state index is 11.6. The fraction of sp³-hybridized carbons (Fsp3) is 0.467. The summed E-state index contributed by atoms with van der Waals surface area (Å²) >= 11 is 0. The summed E-state index contributed by atoms with van der Waals surface area (Å²) < 4.78 is 4.81. The van der Waals surface area contributed by atoms with Gasteiger partial charge in [0.25, 0.3) is 0 Å². The van der Waals surface area contributed by atoms with E-state index in [1.54, 1.807) is 0 Å². The number of aryl methyl sites for hydroxylation is 1. The highest BCUT2D eigenvalue weighted by Crippen LogP contribution is 2.25. The topological polar surface area (TPSA) is 55.4 Å². The maximum absolute atomic E-state index is 11.6. The molecule has 1 aliphatic heterocycles. The lowest BCUT2D eigenvalue weighted by molar-refractivity contribution is -0.145. The highest BCUT2D eigenvalue weighted by molar-refractivity contribution is 5.93. The number of methoxy groups -OCH3 is 1. The first-order valence-corrected chi connectivity index (χ1v) is 6.63. The van der Waals surface area contributed by atoms with Gasteiger partial charge in [0.2, 0.25) is 5.91 Å². The summed E-state index contributed by atoms with van der Waals surface area (Å²) in [5.41, 5.74) is 3.16. The van der Waals surface area contributed by atoms with Crippen LogP contribution in [-0.2, 0) is 27.2 Å². The van der Waals surface area contributed by atoms with Crippen molar-refractivity contribution in [3.05, 3.63) is 29.3 Å². The number of fused-ring (bicyclic) bond motifs is 1. The van der Waals surface area contributed by atoms with Crippen LogP contribution in [-0.4, -0.2) is 19.0 Å². The lowest BCUT2D eigenvalue weighted by Gasteiger charge is -2.19. The van der Waals surface area contributed by atoms with Crippen molar-refractivity contribution < 1.29 is 14.3 Å². The Kier molecular flexibility index (Phi) is 4.20. The van der Waals surface area contributed by atoms with Crippen LogP contribution in [0, 0.1) is 5.92 Å². The third kappa shape index (κ3) is 3.13. The predicted octanol–water partition coefficient (Wildman–Crippen LogP) is 2.31. The third-order valence-electron chi connectivity index (χ3n) is 3.57. The minimum atomic E-state index is -0.159. The zero-order valence-electron chi connectivity index (χ0n) is 11.4. The van der Waals surface area contributed by atoms with E-state index in [1.165, 1.54) is 7.11 Å². The molecule has 2 rings (SSSR count). The Hall–Kier alpha value is -1.84. The molecule has 0 spiro atoms. The molecule has 1 unspecified atom stereocenters. The van der Waals surface area contributed by atoms with Crippen LogP contribution in [0.1, 0.15) is 30.9 Å². The molecule has 4 heteroatoms. The van der Waals surface area contributed by atoms with Crippen molar-refractivity contribution in [2.24, 2.45) is 5.92 Å². The van der Waals surface area contributed by atoms with Crippen LogP contribution in [0.3, 0.4) is 0 Å². The van der Waals surface area contributed by atoms with Crippen LogP contribution in [0.25, 0.3) is 0 Å². The second-order valence-corrected chi connectivity index (χ2v) is 4.87. The minimum absolute atomic E-state index is 0.0706. The van der Waals surface area contributed by atoms with Crippen molar-refractivity contribution in [1.29, 1.82) is 0 Å². The van der Waals surface area contributed by atoms with Crippen LogP contribution >= 0.6 is 0 Å². The average Bonchev–Trinajstić information content (AvgIpc) is 2.44. The Labute approximate surface area is 113 Å². The van der Waals surface area contributed by atoms with E-state index in [-0.39, 0.29) is 17.8 Å². The molecule has 0 fully saturated rings. The number of ether oxygens (including phenoxy) is 1. The van der Waals surface area contributed by atoms with E-state index in [1.807, 2.05) is 19.1 Å². The first kappa shape index (κ1) is 13.6. The summed E-state index contributed by atoms with van der Waals surface area (Å²) in [6.07, 6.45) is 2.75. The van der Waals surface area contributed by atoms with Crippen molar-refractivity contribution in [2.45, 2.75) is 32.6 Å². The molecule has 1 heterocycles. The lowest BCUT2D eigenvalue weighted by atomic mass is 9.93. The zero-order valence-corrected chi connectivity index (χ0v) is 11.4. The van der Waals surface area contributed by atoms with Crippen molar-refractivity contribution in [1.82, 2.24) is 0 Å². The van der Waals surface area contributed by atoms with Crippen LogP contribution < -0.4 is 5.32 Å². The number of esters is 1. The number of nitrogens with one attached hydrogen (secondary N) is 1.